The van der Waals surface area contributed by atoms with Gasteiger partial charge in [-0.2, -0.15) is 4.31 Å². The predicted octanol–water partition coefficient (Wildman–Crippen LogP) is 4.99. The molecule has 0 bridgehead atoms. The number of hydrogen-bond acceptors (Lipinski definition) is 4. The summed E-state index contributed by atoms with van der Waals surface area (Å²) >= 11 is 0. The Labute approximate surface area is 205 Å². The molecule has 0 unspecified atom stereocenters. The summed E-state index contributed by atoms with van der Waals surface area (Å²) in [6.45, 7) is 3.24. The van der Waals surface area contributed by atoms with Crippen LogP contribution in [0, 0.1) is 11.6 Å². The van der Waals surface area contributed by atoms with Crippen LogP contribution >= 0.6 is 0 Å². The van der Waals surface area contributed by atoms with Crippen LogP contribution in [0.1, 0.15) is 62.2 Å². The maximum Gasteiger partial charge on any atom is 0.257 e. The minimum Gasteiger partial charge on any atom is -0.488 e. The van der Waals surface area contributed by atoms with E-state index < -0.39 is 38.7 Å². The van der Waals surface area contributed by atoms with Gasteiger partial charge in [-0.25, -0.2) is 17.2 Å². The normalized spacial score (nSPS) is 22.4. The summed E-state index contributed by atoms with van der Waals surface area (Å²) in [4.78, 5) is 14.6. The Morgan fingerprint density at radius 2 is 1.74 bits per heavy atom. The smallest absolute Gasteiger partial charge is 0.257 e. The molecule has 0 radical (unpaired) electrons. The van der Waals surface area contributed by atoms with Gasteiger partial charge in [0.15, 0.2) is 0 Å². The number of nitrogens with zero attached hydrogens (tertiary/aromatic N) is 2. The zero-order chi connectivity index (χ0) is 25.0. The second-order valence-corrected chi connectivity index (χ2v) is 11.1. The van der Waals surface area contributed by atoms with Gasteiger partial charge >= 0.3 is 0 Å². The Bertz CT molecular complexity index is 1160. The molecule has 0 spiro atoms. The molecule has 9 heteroatoms. The van der Waals surface area contributed by atoms with Gasteiger partial charge < -0.3 is 9.64 Å². The second kappa shape index (κ2) is 11.0. The Balaban J connectivity index is 1.76. The molecule has 4 rings (SSSR count). The molecular formula is C26H32F2N2O4S. The molecule has 6 nitrogen and oxygen atoms in total. The summed E-state index contributed by atoms with van der Waals surface area (Å²) in [6.07, 6.45) is 4.25. The number of halogens is 2. The van der Waals surface area contributed by atoms with Gasteiger partial charge in [0.2, 0.25) is 10.0 Å². The SMILES string of the molecule is CCCN1CCCCN(S(=O)(=O)c2ccc(F)cc2F)[C@@H]2CCCC[C@@H]2Oc2ccccc2C1=O. The summed E-state index contributed by atoms with van der Waals surface area (Å²) in [5.74, 6) is -1.59. The molecule has 2 aromatic rings. The molecule has 190 valence electrons. The third kappa shape index (κ3) is 5.51. The maximum atomic E-state index is 14.6. The van der Waals surface area contributed by atoms with Crippen molar-refractivity contribution in [3.8, 4) is 5.75 Å². The molecule has 1 fully saturated rings. The van der Waals surface area contributed by atoms with Crippen molar-refractivity contribution in [1.29, 1.82) is 0 Å². The monoisotopic (exact) mass is 506 g/mol. The fourth-order valence-corrected chi connectivity index (χ4v) is 6.82. The lowest BCUT2D eigenvalue weighted by Gasteiger charge is -2.40. The molecule has 2 atom stereocenters. The number of para-hydroxylation sites is 1. The third-order valence-electron chi connectivity index (χ3n) is 6.75. The standard InChI is InChI=1S/C26H32F2N2O4S/c1-2-15-29-16-7-8-17-30(35(32,33)25-14-13-19(27)18-21(25)28)22-10-4-6-12-24(22)34-23-11-5-3-9-20(23)26(29)31/h3,5,9,11,13-14,18,22,24H,2,4,6-8,10,12,15-17H2,1H3/t22-,24+/m1/s1. The first-order valence-corrected chi connectivity index (χ1v) is 13.8. The molecule has 1 aliphatic carbocycles. The van der Waals surface area contributed by atoms with Crippen molar-refractivity contribution >= 4 is 15.9 Å². The van der Waals surface area contributed by atoms with E-state index >= 15 is 0 Å². The van der Waals surface area contributed by atoms with Crippen molar-refractivity contribution in [1.82, 2.24) is 9.21 Å². The first-order valence-electron chi connectivity index (χ1n) is 12.3. The Morgan fingerprint density at radius 1 is 1.00 bits per heavy atom. The van der Waals surface area contributed by atoms with Crippen molar-refractivity contribution < 1.29 is 26.7 Å². The van der Waals surface area contributed by atoms with Crippen LogP contribution in [0.3, 0.4) is 0 Å². The van der Waals surface area contributed by atoms with Crippen LogP contribution < -0.4 is 4.74 Å². The van der Waals surface area contributed by atoms with Gasteiger partial charge in [-0.15, -0.1) is 0 Å². The van der Waals surface area contributed by atoms with Gasteiger partial charge in [-0.05, 0) is 62.8 Å². The lowest BCUT2D eigenvalue weighted by Crippen LogP contribution is -2.51. The molecule has 0 saturated heterocycles. The molecule has 1 amide bonds. The zero-order valence-electron chi connectivity index (χ0n) is 20.0. The first kappa shape index (κ1) is 25.6. The van der Waals surface area contributed by atoms with E-state index in [2.05, 4.69) is 0 Å². The van der Waals surface area contributed by atoms with E-state index in [0.29, 0.717) is 56.2 Å². The minimum atomic E-state index is -4.25. The number of carbonyl (C=O) groups is 1. The van der Waals surface area contributed by atoms with E-state index in [-0.39, 0.29) is 12.5 Å². The predicted molar refractivity (Wildman–Crippen MR) is 129 cm³/mol. The number of ether oxygens (including phenoxy) is 1. The van der Waals surface area contributed by atoms with E-state index in [1.54, 1.807) is 29.2 Å². The number of sulfonamides is 1. The third-order valence-corrected chi connectivity index (χ3v) is 8.71. The molecule has 2 aromatic carbocycles. The fourth-order valence-electron chi connectivity index (χ4n) is 5.05. The van der Waals surface area contributed by atoms with Crippen LogP contribution in [-0.4, -0.2) is 55.3 Å². The molecule has 1 heterocycles. The lowest BCUT2D eigenvalue weighted by atomic mass is 9.92. The summed E-state index contributed by atoms with van der Waals surface area (Å²) in [6, 6.07) is 9.11. The minimum absolute atomic E-state index is 0.0896. The molecule has 2 aliphatic rings. The quantitative estimate of drug-likeness (QED) is 0.586. The van der Waals surface area contributed by atoms with E-state index in [0.717, 1.165) is 31.4 Å². The fraction of sp³-hybridized carbons (Fsp3) is 0.500. The number of carbonyl (C=O) groups excluding carboxylic acids is 1. The Hall–Kier alpha value is -2.52. The molecule has 1 saturated carbocycles. The Morgan fingerprint density at radius 3 is 2.51 bits per heavy atom. The Kier molecular flexibility index (Phi) is 8.06. The second-order valence-electron chi connectivity index (χ2n) is 9.19. The topological polar surface area (TPSA) is 66.9 Å². The van der Waals surface area contributed by atoms with Crippen molar-refractivity contribution in [2.24, 2.45) is 0 Å². The summed E-state index contributed by atoms with van der Waals surface area (Å²) in [5, 5.41) is 0. The summed E-state index contributed by atoms with van der Waals surface area (Å²) in [7, 11) is -4.25. The van der Waals surface area contributed by atoms with Gasteiger partial charge in [-0.1, -0.05) is 25.5 Å². The molecule has 35 heavy (non-hydrogen) atoms. The van der Waals surface area contributed by atoms with Crippen molar-refractivity contribution in [3.05, 3.63) is 59.7 Å². The average molecular weight is 507 g/mol. The number of rotatable bonds is 4. The number of hydrogen-bond donors (Lipinski definition) is 0. The van der Waals surface area contributed by atoms with E-state index in [4.69, 9.17) is 4.74 Å². The van der Waals surface area contributed by atoms with Crippen molar-refractivity contribution in [2.45, 2.75) is 68.9 Å². The van der Waals surface area contributed by atoms with Gasteiger partial charge in [0.05, 0.1) is 11.6 Å². The lowest BCUT2D eigenvalue weighted by molar-refractivity contribution is 0.0636. The highest BCUT2D eigenvalue weighted by Gasteiger charge is 2.40. The van der Waals surface area contributed by atoms with Crippen LogP contribution in [0.4, 0.5) is 8.78 Å². The van der Waals surface area contributed by atoms with Gasteiger partial charge in [0, 0.05) is 25.7 Å². The van der Waals surface area contributed by atoms with Crippen LogP contribution in [0.5, 0.6) is 5.75 Å². The number of fused-ring (bicyclic) bond motifs is 2. The van der Waals surface area contributed by atoms with Crippen LogP contribution in [0.2, 0.25) is 0 Å². The molecule has 0 N–H and O–H groups in total. The van der Waals surface area contributed by atoms with E-state index in [1.807, 2.05) is 6.92 Å². The van der Waals surface area contributed by atoms with Crippen molar-refractivity contribution in [3.63, 3.8) is 0 Å². The molecule has 1 aliphatic heterocycles. The van der Waals surface area contributed by atoms with Crippen molar-refractivity contribution in [2.75, 3.05) is 19.6 Å². The molecular weight excluding hydrogens is 474 g/mol. The van der Waals surface area contributed by atoms with Gasteiger partial charge in [-0.3, -0.25) is 4.79 Å². The highest BCUT2D eigenvalue weighted by Crippen LogP contribution is 2.34. The average Bonchev–Trinajstić information content (AvgIpc) is 2.83. The number of amides is 1. The highest BCUT2D eigenvalue weighted by atomic mass is 32.2. The summed E-state index contributed by atoms with van der Waals surface area (Å²) < 4.78 is 63.3. The highest BCUT2D eigenvalue weighted by molar-refractivity contribution is 7.89. The van der Waals surface area contributed by atoms with E-state index in [9.17, 15) is 22.0 Å². The van der Waals surface area contributed by atoms with Crippen LogP contribution in [0.25, 0.3) is 0 Å². The van der Waals surface area contributed by atoms with Gasteiger partial charge in [0.1, 0.15) is 28.4 Å². The first-order chi connectivity index (χ1) is 16.8. The van der Waals surface area contributed by atoms with Gasteiger partial charge in [0.25, 0.3) is 5.91 Å². The summed E-state index contributed by atoms with van der Waals surface area (Å²) in [5.41, 5.74) is 0.463. The van der Waals surface area contributed by atoms with Crippen LogP contribution in [0.15, 0.2) is 47.4 Å². The molecule has 0 aromatic heterocycles. The zero-order valence-corrected chi connectivity index (χ0v) is 20.8. The maximum absolute atomic E-state index is 14.6. The number of benzene rings is 2. The van der Waals surface area contributed by atoms with E-state index in [1.165, 1.54) is 4.31 Å². The largest absolute Gasteiger partial charge is 0.488 e. The van der Waals surface area contributed by atoms with Crippen LogP contribution in [-0.2, 0) is 10.0 Å².